The van der Waals surface area contributed by atoms with Crippen molar-refractivity contribution in [1.29, 1.82) is 0 Å². The molecule has 2 aromatic rings. The van der Waals surface area contributed by atoms with Crippen LogP contribution in [0.5, 0.6) is 0 Å². The zero-order valence-corrected chi connectivity index (χ0v) is 10.2. The van der Waals surface area contributed by atoms with E-state index in [1.807, 2.05) is 0 Å². The van der Waals surface area contributed by atoms with Crippen LogP contribution in [0.1, 0.15) is 19.3 Å². The van der Waals surface area contributed by atoms with Crippen LogP contribution in [0, 0.1) is 5.82 Å². The van der Waals surface area contributed by atoms with Crippen LogP contribution in [-0.2, 0) is 11.3 Å². The number of nitrogens with zero attached hydrogens (tertiary/aromatic N) is 4. The molecule has 2 rings (SSSR count). The summed E-state index contributed by atoms with van der Waals surface area (Å²) in [5, 5.41) is 19.8. The summed E-state index contributed by atoms with van der Waals surface area (Å²) >= 11 is 0. The third-order valence-electron chi connectivity index (χ3n) is 2.63. The van der Waals surface area contributed by atoms with Gasteiger partial charge < -0.3 is 5.11 Å². The summed E-state index contributed by atoms with van der Waals surface area (Å²) in [5.41, 5.74) is 0.600. The molecule has 0 aliphatic heterocycles. The van der Waals surface area contributed by atoms with Gasteiger partial charge in [-0.25, -0.2) is 9.07 Å². The summed E-state index contributed by atoms with van der Waals surface area (Å²) in [6.45, 7) is 0.506. The molecule has 0 spiro atoms. The second kappa shape index (κ2) is 6.03. The topological polar surface area (TPSA) is 80.9 Å². The number of rotatable bonds is 6. The lowest BCUT2D eigenvalue weighted by atomic mass is 10.2. The highest BCUT2D eigenvalue weighted by atomic mass is 19.1. The number of tetrazole rings is 1. The molecule has 0 amide bonds. The fraction of sp³-hybridized carbons (Fsp3) is 0.333. The van der Waals surface area contributed by atoms with Crippen molar-refractivity contribution in [1.82, 2.24) is 20.2 Å². The Hall–Kier alpha value is -2.31. The first kappa shape index (κ1) is 13.1. The summed E-state index contributed by atoms with van der Waals surface area (Å²) in [5.74, 6) is -0.685. The summed E-state index contributed by atoms with van der Waals surface area (Å²) in [4.78, 5) is 10.4. The van der Waals surface area contributed by atoms with Gasteiger partial charge in [0.1, 0.15) is 5.82 Å². The SMILES string of the molecule is O=C(O)CCCCn1nnnc1-c1cccc(F)c1. The third-order valence-corrected chi connectivity index (χ3v) is 2.63. The molecule has 0 aliphatic carbocycles. The molecule has 0 aliphatic rings. The second-order valence-corrected chi connectivity index (χ2v) is 4.09. The minimum atomic E-state index is -0.818. The second-order valence-electron chi connectivity index (χ2n) is 4.09. The van der Waals surface area contributed by atoms with Crippen LogP contribution in [0.4, 0.5) is 4.39 Å². The zero-order chi connectivity index (χ0) is 13.7. The molecule has 6 nitrogen and oxygen atoms in total. The van der Waals surface area contributed by atoms with Gasteiger partial charge in [0, 0.05) is 18.5 Å². The van der Waals surface area contributed by atoms with Crippen molar-refractivity contribution in [2.24, 2.45) is 0 Å². The Morgan fingerprint density at radius 2 is 2.21 bits per heavy atom. The summed E-state index contributed by atoms with van der Waals surface area (Å²) in [6, 6.07) is 6.03. The molecule has 0 fully saturated rings. The smallest absolute Gasteiger partial charge is 0.303 e. The molecule has 0 bridgehead atoms. The number of aromatic nitrogens is 4. The van der Waals surface area contributed by atoms with E-state index in [4.69, 9.17) is 5.11 Å². The van der Waals surface area contributed by atoms with Gasteiger partial charge in [0.25, 0.3) is 0 Å². The Balaban J connectivity index is 2.03. The molecule has 0 saturated carbocycles. The van der Waals surface area contributed by atoms with Crippen molar-refractivity contribution in [3.63, 3.8) is 0 Å². The number of aryl methyl sites for hydroxylation is 1. The van der Waals surface area contributed by atoms with Crippen molar-refractivity contribution in [3.05, 3.63) is 30.1 Å². The number of carboxylic acids is 1. The minimum absolute atomic E-state index is 0.122. The molecule has 7 heteroatoms. The van der Waals surface area contributed by atoms with E-state index in [1.54, 1.807) is 16.8 Å². The van der Waals surface area contributed by atoms with Crippen LogP contribution in [0.25, 0.3) is 11.4 Å². The lowest BCUT2D eigenvalue weighted by Gasteiger charge is -2.04. The molecule has 0 atom stereocenters. The number of aliphatic carboxylic acids is 1. The van der Waals surface area contributed by atoms with E-state index in [9.17, 15) is 9.18 Å². The fourth-order valence-corrected chi connectivity index (χ4v) is 1.73. The van der Waals surface area contributed by atoms with Crippen molar-refractivity contribution < 1.29 is 14.3 Å². The van der Waals surface area contributed by atoms with Crippen LogP contribution >= 0.6 is 0 Å². The number of carboxylic acid groups (broad SMARTS) is 1. The molecular weight excluding hydrogens is 251 g/mol. The highest BCUT2D eigenvalue weighted by molar-refractivity contribution is 5.66. The van der Waals surface area contributed by atoms with Crippen LogP contribution in [-0.4, -0.2) is 31.3 Å². The molecule has 1 N–H and O–H groups in total. The van der Waals surface area contributed by atoms with Crippen molar-refractivity contribution in [3.8, 4) is 11.4 Å². The first-order chi connectivity index (χ1) is 9.16. The molecule has 19 heavy (non-hydrogen) atoms. The summed E-state index contributed by atoms with van der Waals surface area (Å²) < 4.78 is 14.7. The lowest BCUT2D eigenvalue weighted by Crippen LogP contribution is -2.04. The van der Waals surface area contributed by atoms with Crippen molar-refractivity contribution in [2.45, 2.75) is 25.8 Å². The van der Waals surface area contributed by atoms with Gasteiger partial charge in [-0.15, -0.1) is 5.10 Å². The van der Waals surface area contributed by atoms with Crippen LogP contribution < -0.4 is 0 Å². The molecule has 0 saturated heterocycles. The highest BCUT2D eigenvalue weighted by Gasteiger charge is 2.09. The average molecular weight is 264 g/mol. The quantitative estimate of drug-likeness (QED) is 0.804. The normalized spacial score (nSPS) is 10.6. The molecule has 0 unspecified atom stereocenters. The zero-order valence-electron chi connectivity index (χ0n) is 10.2. The number of hydrogen-bond acceptors (Lipinski definition) is 4. The number of hydrogen-bond donors (Lipinski definition) is 1. The van der Waals surface area contributed by atoms with Gasteiger partial charge >= 0.3 is 5.97 Å². The van der Waals surface area contributed by atoms with E-state index in [0.29, 0.717) is 30.8 Å². The van der Waals surface area contributed by atoms with E-state index in [1.165, 1.54) is 12.1 Å². The van der Waals surface area contributed by atoms with Crippen LogP contribution in [0.3, 0.4) is 0 Å². The van der Waals surface area contributed by atoms with Crippen LogP contribution in [0.15, 0.2) is 24.3 Å². The predicted molar refractivity (Wildman–Crippen MR) is 64.7 cm³/mol. The van der Waals surface area contributed by atoms with Crippen molar-refractivity contribution >= 4 is 5.97 Å². The number of benzene rings is 1. The molecular formula is C12H13FN4O2. The molecule has 0 radical (unpaired) electrons. The Labute approximate surface area is 108 Å². The van der Waals surface area contributed by atoms with E-state index in [2.05, 4.69) is 15.5 Å². The van der Waals surface area contributed by atoms with E-state index < -0.39 is 5.97 Å². The predicted octanol–water partition coefficient (Wildman–Crippen LogP) is 1.73. The molecule has 1 aromatic carbocycles. The van der Waals surface area contributed by atoms with E-state index in [-0.39, 0.29) is 12.2 Å². The molecule has 1 heterocycles. The third kappa shape index (κ3) is 3.57. The summed E-state index contributed by atoms with van der Waals surface area (Å²) in [7, 11) is 0. The van der Waals surface area contributed by atoms with Gasteiger partial charge in [-0.2, -0.15) is 0 Å². The Morgan fingerprint density at radius 1 is 1.37 bits per heavy atom. The first-order valence-corrected chi connectivity index (χ1v) is 5.91. The van der Waals surface area contributed by atoms with Crippen LogP contribution in [0.2, 0.25) is 0 Å². The highest BCUT2D eigenvalue weighted by Crippen LogP contribution is 2.17. The van der Waals surface area contributed by atoms with E-state index in [0.717, 1.165) is 0 Å². The Kier molecular flexibility index (Phi) is 4.17. The van der Waals surface area contributed by atoms with Gasteiger partial charge in [0.15, 0.2) is 5.82 Å². The minimum Gasteiger partial charge on any atom is -0.481 e. The largest absolute Gasteiger partial charge is 0.481 e. The standard InChI is InChI=1S/C12H13FN4O2/c13-10-5-3-4-9(8-10)12-14-15-16-17(12)7-2-1-6-11(18)19/h3-5,8H,1-2,6-7H2,(H,18,19). The maximum absolute atomic E-state index is 13.1. The average Bonchev–Trinajstić information content (AvgIpc) is 2.83. The van der Waals surface area contributed by atoms with E-state index >= 15 is 0 Å². The van der Waals surface area contributed by atoms with Gasteiger partial charge in [0.05, 0.1) is 0 Å². The molecule has 1 aromatic heterocycles. The summed E-state index contributed by atoms with van der Waals surface area (Å²) in [6.07, 6.45) is 1.33. The Morgan fingerprint density at radius 3 is 2.95 bits per heavy atom. The number of carbonyl (C=O) groups is 1. The first-order valence-electron chi connectivity index (χ1n) is 5.91. The fourth-order valence-electron chi connectivity index (χ4n) is 1.73. The number of unbranched alkanes of at least 4 members (excludes halogenated alkanes) is 1. The Bertz CT molecular complexity index is 570. The number of halogens is 1. The lowest BCUT2D eigenvalue weighted by molar-refractivity contribution is -0.137. The van der Waals surface area contributed by atoms with Crippen molar-refractivity contribution in [2.75, 3.05) is 0 Å². The maximum atomic E-state index is 13.1. The van der Waals surface area contributed by atoms with Gasteiger partial charge in [-0.3, -0.25) is 4.79 Å². The van der Waals surface area contributed by atoms with Gasteiger partial charge in [-0.1, -0.05) is 12.1 Å². The molecule has 100 valence electrons. The maximum Gasteiger partial charge on any atom is 0.303 e. The van der Waals surface area contributed by atoms with Gasteiger partial charge in [0.2, 0.25) is 0 Å². The monoisotopic (exact) mass is 264 g/mol. The van der Waals surface area contributed by atoms with Gasteiger partial charge in [-0.05, 0) is 35.4 Å².